The molecule has 0 saturated heterocycles. The Balaban J connectivity index is 1.28. The molecule has 9 nitrogen and oxygen atoms in total. The van der Waals surface area contributed by atoms with Crippen molar-refractivity contribution in [2.45, 2.75) is 118 Å². The summed E-state index contributed by atoms with van der Waals surface area (Å²) in [6.45, 7) is 13.1. The minimum atomic E-state index is -0.705. The number of rotatable bonds is 15. The van der Waals surface area contributed by atoms with Gasteiger partial charge in [0, 0.05) is 26.1 Å². The van der Waals surface area contributed by atoms with Crippen LogP contribution in [0.3, 0.4) is 0 Å². The third-order valence-corrected chi connectivity index (χ3v) is 12.9. The van der Waals surface area contributed by atoms with Gasteiger partial charge in [0.1, 0.15) is 19.3 Å². The van der Waals surface area contributed by atoms with Gasteiger partial charge < -0.3 is 19.7 Å². The average Bonchev–Trinajstić information content (AvgIpc) is 3.26. The van der Waals surface area contributed by atoms with Crippen molar-refractivity contribution in [3.63, 3.8) is 0 Å². The standard InChI is InChI=1S/C36H63N3O6/c1-26(2)8-6-7-14-34(3)15-12-31-29-10-9-27-24-28(11-16-35(27,4)30(29)13-17-36(31,34)5)45-33(43)39(37)25-32(42)44-23-20-38(18-21-40)19-22-41/h9,26,28-31,40-41H,6-8,10-25,37H2,1-5H3. The molecule has 0 aliphatic heterocycles. The van der Waals surface area contributed by atoms with Crippen molar-refractivity contribution in [1.82, 2.24) is 9.91 Å². The van der Waals surface area contributed by atoms with E-state index in [4.69, 9.17) is 25.5 Å². The fraction of sp³-hybridized carbons (Fsp3) is 0.889. The molecule has 0 aromatic carbocycles. The van der Waals surface area contributed by atoms with Gasteiger partial charge in [0.05, 0.1) is 13.2 Å². The second kappa shape index (κ2) is 15.5. The Morgan fingerprint density at radius 3 is 2.40 bits per heavy atom. The van der Waals surface area contributed by atoms with E-state index in [2.05, 4.69) is 40.7 Å². The molecule has 7 atom stereocenters. The summed E-state index contributed by atoms with van der Waals surface area (Å²) in [6, 6.07) is 0. The highest BCUT2D eigenvalue weighted by molar-refractivity contribution is 5.77. The third-order valence-electron chi connectivity index (χ3n) is 12.9. The van der Waals surface area contributed by atoms with Crippen LogP contribution in [0.1, 0.15) is 112 Å². The van der Waals surface area contributed by atoms with Crippen LogP contribution in [0.15, 0.2) is 11.6 Å². The maximum absolute atomic E-state index is 12.8. The summed E-state index contributed by atoms with van der Waals surface area (Å²) in [7, 11) is 0. The van der Waals surface area contributed by atoms with Crippen molar-refractivity contribution in [2.24, 2.45) is 45.8 Å². The molecule has 258 valence electrons. The van der Waals surface area contributed by atoms with Gasteiger partial charge in [-0.05, 0) is 91.3 Å². The number of allylic oxidation sites excluding steroid dienone is 1. The number of hydrazine groups is 1. The number of hydrogen-bond acceptors (Lipinski definition) is 8. The number of fused-ring (bicyclic) bond motifs is 5. The molecule has 0 heterocycles. The first-order valence-electron chi connectivity index (χ1n) is 17.9. The molecule has 45 heavy (non-hydrogen) atoms. The predicted molar refractivity (Wildman–Crippen MR) is 176 cm³/mol. The zero-order chi connectivity index (χ0) is 32.8. The van der Waals surface area contributed by atoms with Crippen molar-refractivity contribution in [2.75, 3.05) is 46.0 Å². The van der Waals surface area contributed by atoms with E-state index in [1.165, 1.54) is 56.9 Å². The van der Waals surface area contributed by atoms with Crippen molar-refractivity contribution in [3.05, 3.63) is 11.6 Å². The zero-order valence-corrected chi connectivity index (χ0v) is 28.9. The minimum Gasteiger partial charge on any atom is -0.463 e. The van der Waals surface area contributed by atoms with Crippen molar-refractivity contribution in [3.8, 4) is 0 Å². The highest BCUT2D eigenvalue weighted by atomic mass is 16.6. The summed E-state index contributed by atoms with van der Waals surface area (Å²) >= 11 is 0. The van der Waals surface area contributed by atoms with Gasteiger partial charge in [-0.1, -0.05) is 65.5 Å². The first-order chi connectivity index (χ1) is 21.4. The van der Waals surface area contributed by atoms with Crippen molar-refractivity contribution >= 4 is 12.1 Å². The Kier molecular flexibility index (Phi) is 12.4. The van der Waals surface area contributed by atoms with Crippen molar-refractivity contribution in [1.29, 1.82) is 0 Å². The summed E-state index contributed by atoms with van der Waals surface area (Å²) in [6.07, 6.45) is 16.1. The summed E-state index contributed by atoms with van der Waals surface area (Å²) in [5.41, 5.74) is 2.50. The van der Waals surface area contributed by atoms with E-state index in [0.29, 0.717) is 36.4 Å². The van der Waals surface area contributed by atoms with Crippen LogP contribution in [0, 0.1) is 39.9 Å². The number of amides is 1. The summed E-state index contributed by atoms with van der Waals surface area (Å²) in [5.74, 6) is 8.33. The number of aliphatic hydroxyl groups is 2. The second-order valence-corrected chi connectivity index (χ2v) is 15.8. The molecule has 3 fully saturated rings. The SMILES string of the molecule is CC(C)CCCCC1(C)CCC2C3CC=C4CC(OC(=O)N(N)CC(=O)OCCN(CCO)CCO)CCC4(C)C3CCC21C. The first kappa shape index (κ1) is 36.2. The number of esters is 1. The predicted octanol–water partition coefficient (Wildman–Crippen LogP) is 5.68. The lowest BCUT2D eigenvalue weighted by molar-refractivity contribution is -0.145. The van der Waals surface area contributed by atoms with Gasteiger partial charge in [0.15, 0.2) is 0 Å². The number of unbranched alkanes of at least 4 members (excludes halogenated alkanes) is 1. The van der Waals surface area contributed by atoms with Gasteiger partial charge in [0.2, 0.25) is 0 Å². The molecule has 4 N–H and O–H groups in total. The lowest BCUT2D eigenvalue weighted by Crippen LogP contribution is -2.52. The Morgan fingerprint density at radius 2 is 1.71 bits per heavy atom. The number of carbonyl (C=O) groups is 2. The largest absolute Gasteiger partial charge is 0.463 e. The van der Waals surface area contributed by atoms with E-state index in [-0.39, 0.29) is 31.3 Å². The Bertz CT molecular complexity index is 1030. The van der Waals surface area contributed by atoms with Gasteiger partial charge in [-0.15, -0.1) is 0 Å². The maximum atomic E-state index is 12.8. The van der Waals surface area contributed by atoms with E-state index in [9.17, 15) is 9.59 Å². The number of aliphatic hydroxyl groups excluding tert-OH is 2. The van der Waals surface area contributed by atoms with Gasteiger partial charge in [0.25, 0.3) is 0 Å². The molecule has 0 aromatic rings. The summed E-state index contributed by atoms with van der Waals surface area (Å²) in [5, 5.41) is 19.0. The quantitative estimate of drug-likeness (QED) is 0.0525. The first-order valence-corrected chi connectivity index (χ1v) is 17.9. The number of nitrogens with two attached hydrogens (primary N) is 1. The molecule has 9 heteroatoms. The Labute approximate surface area is 272 Å². The highest BCUT2D eigenvalue weighted by Crippen LogP contribution is 2.70. The smallest absolute Gasteiger partial charge is 0.424 e. The van der Waals surface area contributed by atoms with Gasteiger partial charge >= 0.3 is 12.1 Å². The number of ether oxygens (including phenoxy) is 2. The molecule has 0 aromatic heterocycles. The minimum absolute atomic E-state index is 0.0486. The van der Waals surface area contributed by atoms with E-state index in [1.807, 2.05) is 0 Å². The summed E-state index contributed by atoms with van der Waals surface area (Å²) in [4.78, 5) is 26.9. The lowest BCUT2D eigenvalue weighted by atomic mass is 9.45. The van der Waals surface area contributed by atoms with Crippen LogP contribution in [-0.4, -0.2) is 84.3 Å². The second-order valence-electron chi connectivity index (χ2n) is 15.8. The van der Waals surface area contributed by atoms with Crippen molar-refractivity contribution < 1.29 is 29.3 Å². The molecular weight excluding hydrogens is 570 g/mol. The van der Waals surface area contributed by atoms with Crippen LogP contribution in [-0.2, 0) is 14.3 Å². The van der Waals surface area contributed by atoms with Gasteiger partial charge in [-0.3, -0.25) is 9.69 Å². The number of carbonyl (C=O) groups excluding carboxylic acids is 2. The molecular formula is C36H63N3O6. The molecule has 0 radical (unpaired) electrons. The fourth-order valence-corrected chi connectivity index (χ4v) is 9.93. The molecule has 4 aliphatic carbocycles. The molecule has 7 unspecified atom stereocenters. The normalized spacial score (nSPS) is 34.1. The van der Waals surface area contributed by atoms with Crippen LogP contribution < -0.4 is 5.84 Å². The monoisotopic (exact) mass is 633 g/mol. The maximum Gasteiger partial charge on any atom is 0.424 e. The fourth-order valence-electron chi connectivity index (χ4n) is 9.93. The van der Waals surface area contributed by atoms with E-state index >= 15 is 0 Å². The van der Waals surface area contributed by atoms with Crippen LogP contribution in [0.2, 0.25) is 0 Å². The third kappa shape index (κ3) is 8.07. The molecule has 0 bridgehead atoms. The van der Waals surface area contributed by atoms with Crippen LogP contribution in [0.5, 0.6) is 0 Å². The van der Waals surface area contributed by atoms with E-state index < -0.39 is 18.6 Å². The highest BCUT2D eigenvalue weighted by Gasteiger charge is 2.62. The molecule has 1 amide bonds. The van der Waals surface area contributed by atoms with E-state index in [0.717, 1.165) is 48.4 Å². The molecule has 4 aliphatic rings. The lowest BCUT2D eigenvalue weighted by Gasteiger charge is -2.59. The average molecular weight is 634 g/mol. The van der Waals surface area contributed by atoms with Gasteiger partial charge in [-0.2, -0.15) is 0 Å². The van der Waals surface area contributed by atoms with Crippen LogP contribution in [0.4, 0.5) is 4.79 Å². The number of nitrogens with zero attached hydrogens (tertiary/aromatic N) is 2. The van der Waals surface area contributed by atoms with Crippen LogP contribution in [0.25, 0.3) is 0 Å². The van der Waals surface area contributed by atoms with E-state index in [1.54, 1.807) is 4.90 Å². The number of hydrogen-bond donors (Lipinski definition) is 3. The molecule has 4 rings (SSSR count). The van der Waals surface area contributed by atoms with Crippen LogP contribution >= 0.6 is 0 Å². The molecule has 0 spiro atoms. The Hall–Kier alpha value is -1.68. The Morgan fingerprint density at radius 1 is 1.00 bits per heavy atom. The topological polar surface area (TPSA) is 126 Å². The summed E-state index contributed by atoms with van der Waals surface area (Å²) < 4.78 is 11.0. The zero-order valence-electron chi connectivity index (χ0n) is 28.9. The molecule has 3 saturated carbocycles. The van der Waals surface area contributed by atoms with Gasteiger partial charge in [-0.25, -0.2) is 15.6 Å².